The molecule has 1 aliphatic heterocycles. The zero-order valence-corrected chi connectivity index (χ0v) is 16.1. The first-order valence-corrected chi connectivity index (χ1v) is 9.16. The molecule has 1 aromatic rings. The summed E-state index contributed by atoms with van der Waals surface area (Å²) in [7, 11) is 1.96. The van der Waals surface area contributed by atoms with Gasteiger partial charge in [0.1, 0.15) is 0 Å². The number of rotatable bonds is 5. The molecule has 0 atom stereocenters. The monoisotopic (exact) mass is 349 g/mol. The largest absolute Gasteiger partial charge is 0.466 e. The second kappa shape index (κ2) is 8.87. The lowest BCUT2D eigenvalue weighted by Gasteiger charge is -2.33. The molecule has 25 heavy (non-hydrogen) atoms. The van der Waals surface area contributed by atoms with Crippen molar-refractivity contribution < 1.29 is 9.53 Å². The first-order chi connectivity index (χ1) is 12.0. The molecule has 0 saturated carbocycles. The minimum Gasteiger partial charge on any atom is -0.466 e. The third-order valence-electron chi connectivity index (χ3n) is 4.80. The molecule has 0 aromatic carbocycles. The van der Waals surface area contributed by atoms with Gasteiger partial charge in [0.05, 0.1) is 24.8 Å². The molecule has 140 valence electrons. The SMILES string of the molecule is CCNC(=NCc1c(C)nn(C)c1C)N1CCC(C(=O)OCC)CC1. The molecule has 0 bridgehead atoms. The molecule has 2 heterocycles. The number of aryl methyl sites for hydroxylation is 2. The molecule has 0 radical (unpaired) electrons. The number of esters is 1. The van der Waals surface area contributed by atoms with Crippen LogP contribution in [0, 0.1) is 19.8 Å². The fourth-order valence-corrected chi connectivity index (χ4v) is 3.21. The van der Waals surface area contributed by atoms with Gasteiger partial charge in [-0.3, -0.25) is 9.48 Å². The lowest BCUT2D eigenvalue weighted by atomic mass is 9.97. The van der Waals surface area contributed by atoms with E-state index in [0.717, 1.165) is 49.8 Å². The molecular formula is C18H31N5O2. The van der Waals surface area contributed by atoms with Crippen LogP contribution in [-0.2, 0) is 23.1 Å². The van der Waals surface area contributed by atoms with Crippen molar-refractivity contribution in [2.75, 3.05) is 26.2 Å². The average Bonchev–Trinajstić information content (AvgIpc) is 2.84. The van der Waals surface area contributed by atoms with E-state index in [-0.39, 0.29) is 11.9 Å². The van der Waals surface area contributed by atoms with E-state index in [9.17, 15) is 4.79 Å². The molecule has 0 aliphatic carbocycles. The summed E-state index contributed by atoms with van der Waals surface area (Å²) >= 11 is 0. The second-order valence-electron chi connectivity index (χ2n) is 6.46. The number of nitrogens with one attached hydrogen (secondary N) is 1. The van der Waals surface area contributed by atoms with Crippen molar-refractivity contribution >= 4 is 11.9 Å². The Balaban J connectivity index is 2.02. The topological polar surface area (TPSA) is 71.8 Å². The van der Waals surface area contributed by atoms with Crippen LogP contribution in [0.5, 0.6) is 0 Å². The van der Waals surface area contributed by atoms with Crippen LogP contribution in [0.15, 0.2) is 4.99 Å². The Morgan fingerprint density at radius 2 is 2.00 bits per heavy atom. The van der Waals surface area contributed by atoms with Crippen LogP contribution in [0.25, 0.3) is 0 Å². The number of aromatic nitrogens is 2. The minimum atomic E-state index is -0.0642. The van der Waals surface area contributed by atoms with E-state index in [2.05, 4.69) is 29.2 Å². The maximum atomic E-state index is 11.9. The third-order valence-corrected chi connectivity index (χ3v) is 4.80. The number of carbonyl (C=O) groups excluding carboxylic acids is 1. The number of hydrogen-bond acceptors (Lipinski definition) is 4. The first kappa shape index (κ1) is 19.3. The van der Waals surface area contributed by atoms with Gasteiger partial charge in [-0.2, -0.15) is 5.10 Å². The summed E-state index contributed by atoms with van der Waals surface area (Å²) in [6.07, 6.45) is 1.63. The van der Waals surface area contributed by atoms with Gasteiger partial charge in [-0.15, -0.1) is 0 Å². The molecule has 2 rings (SSSR count). The van der Waals surface area contributed by atoms with E-state index in [1.54, 1.807) is 0 Å². The standard InChI is InChI=1S/C18H31N5O2/c1-6-19-18(20-12-16-13(3)21-22(5)14(16)4)23-10-8-15(9-11-23)17(24)25-7-2/h15H,6-12H2,1-5H3,(H,19,20). The maximum absolute atomic E-state index is 11.9. The van der Waals surface area contributed by atoms with Crippen LogP contribution in [0.3, 0.4) is 0 Å². The number of likely N-dealkylation sites (tertiary alicyclic amines) is 1. The van der Waals surface area contributed by atoms with Crippen molar-refractivity contribution in [2.24, 2.45) is 18.0 Å². The molecular weight excluding hydrogens is 318 g/mol. The van der Waals surface area contributed by atoms with Crippen molar-refractivity contribution in [3.05, 3.63) is 17.0 Å². The molecule has 0 amide bonds. The Hall–Kier alpha value is -2.05. The second-order valence-corrected chi connectivity index (χ2v) is 6.46. The highest BCUT2D eigenvalue weighted by atomic mass is 16.5. The number of ether oxygens (including phenoxy) is 1. The lowest BCUT2D eigenvalue weighted by molar-refractivity contribution is -0.149. The van der Waals surface area contributed by atoms with Gasteiger partial charge in [-0.05, 0) is 40.5 Å². The fraction of sp³-hybridized carbons (Fsp3) is 0.722. The van der Waals surface area contributed by atoms with Crippen LogP contribution in [0.2, 0.25) is 0 Å². The van der Waals surface area contributed by atoms with Crippen LogP contribution < -0.4 is 5.32 Å². The summed E-state index contributed by atoms with van der Waals surface area (Å²) in [6.45, 7) is 11.5. The van der Waals surface area contributed by atoms with E-state index in [4.69, 9.17) is 9.73 Å². The Morgan fingerprint density at radius 3 is 2.52 bits per heavy atom. The summed E-state index contributed by atoms with van der Waals surface area (Å²) in [5.74, 6) is 0.861. The molecule has 0 unspecified atom stereocenters. The summed E-state index contributed by atoms with van der Waals surface area (Å²) < 4.78 is 7.05. The number of nitrogens with zero attached hydrogens (tertiary/aromatic N) is 4. The highest BCUT2D eigenvalue weighted by Crippen LogP contribution is 2.19. The lowest BCUT2D eigenvalue weighted by Crippen LogP contribution is -2.46. The zero-order chi connectivity index (χ0) is 18.4. The molecule has 7 heteroatoms. The smallest absolute Gasteiger partial charge is 0.309 e. The van der Waals surface area contributed by atoms with Crippen molar-refractivity contribution in [2.45, 2.75) is 47.1 Å². The summed E-state index contributed by atoms with van der Waals surface area (Å²) in [5.41, 5.74) is 3.36. The number of guanidine groups is 1. The van der Waals surface area contributed by atoms with Crippen molar-refractivity contribution in [1.29, 1.82) is 0 Å². The Bertz CT molecular complexity index is 615. The highest BCUT2D eigenvalue weighted by Gasteiger charge is 2.27. The summed E-state index contributed by atoms with van der Waals surface area (Å²) in [4.78, 5) is 18.9. The number of piperidine rings is 1. The molecule has 1 aromatic heterocycles. The molecule has 1 fully saturated rings. The molecule has 7 nitrogen and oxygen atoms in total. The van der Waals surface area contributed by atoms with Crippen molar-refractivity contribution in [3.8, 4) is 0 Å². The van der Waals surface area contributed by atoms with Gasteiger partial charge >= 0.3 is 5.97 Å². The predicted octanol–water partition coefficient (Wildman–Crippen LogP) is 1.78. The average molecular weight is 349 g/mol. The zero-order valence-electron chi connectivity index (χ0n) is 16.1. The Labute approximate surface area is 150 Å². The van der Waals surface area contributed by atoms with Crippen LogP contribution in [-0.4, -0.2) is 52.9 Å². The Kier molecular flexibility index (Phi) is 6.84. The van der Waals surface area contributed by atoms with E-state index >= 15 is 0 Å². The molecule has 1 N–H and O–H groups in total. The van der Waals surface area contributed by atoms with E-state index in [1.165, 1.54) is 5.56 Å². The van der Waals surface area contributed by atoms with Gasteiger partial charge in [0.2, 0.25) is 0 Å². The van der Waals surface area contributed by atoms with E-state index in [0.29, 0.717) is 13.2 Å². The van der Waals surface area contributed by atoms with Gasteiger partial charge in [0, 0.05) is 37.9 Å². The van der Waals surface area contributed by atoms with Gasteiger partial charge in [0.25, 0.3) is 0 Å². The van der Waals surface area contributed by atoms with Crippen LogP contribution in [0.1, 0.15) is 43.6 Å². The summed E-state index contributed by atoms with van der Waals surface area (Å²) in [6, 6.07) is 0. The van der Waals surface area contributed by atoms with Gasteiger partial charge in [0.15, 0.2) is 5.96 Å². The maximum Gasteiger partial charge on any atom is 0.309 e. The molecule has 0 spiro atoms. The van der Waals surface area contributed by atoms with Crippen LogP contribution >= 0.6 is 0 Å². The van der Waals surface area contributed by atoms with Crippen molar-refractivity contribution in [3.63, 3.8) is 0 Å². The normalized spacial score (nSPS) is 16.2. The van der Waals surface area contributed by atoms with Gasteiger partial charge < -0.3 is 15.0 Å². The summed E-state index contributed by atoms with van der Waals surface area (Å²) in [5, 5.41) is 7.83. The molecule has 1 saturated heterocycles. The first-order valence-electron chi connectivity index (χ1n) is 9.16. The van der Waals surface area contributed by atoms with E-state index in [1.807, 2.05) is 25.6 Å². The van der Waals surface area contributed by atoms with Gasteiger partial charge in [-0.1, -0.05) is 0 Å². The highest BCUT2D eigenvalue weighted by molar-refractivity contribution is 5.80. The predicted molar refractivity (Wildman–Crippen MR) is 98.4 cm³/mol. The van der Waals surface area contributed by atoms with Gasteiger partial charge in [-0.25, -0.2) is 4.99 Å². The number of aliphatic imine (C=N–C) groups is 1. The quantitative estimate of drug-likeness (QED) is 0.498. The number of hydrogen-bond donors (Lipinski definition) is 1. The van der Waals surface area contributed by atoms with Crippen LogP contribution in [0.4, 0.5) is 0 Å². The third kappa shape index (κ3) is 4.74. The number of carbonyl (C=O) groups is 1. The van der Waals surface area contributed by atoms with E-state index < -0.39 is 0 Å². The Morgan fingerprint density at radius 1 is 1.32 bits per heavy atom. The fourth-order valence-electron chi connectivity index (χ4n) is 3.21. The molecule has 1 aliphatic rings. The minimum absolute atomic E-state index is 0.0156. The van der Waals surface area contributed by atoms with Crippen molar-refractivity contribution in [1.82, 2.24) is 20.0 Å².